The Bertz CT molecular complexity index is 1030. The van der Waals surface area contributed by atoms with Crippen molar-refractivity contribution in [3.63, 3.8) is 0 Å². The van der Waals surface area contributed by atoms with E-state index < -0.39 is 22.7 Å². The fourth-order valence-electron chi connectivity index (χ4n) is 2.59. The lowest BCUT2D eigenvalue weighted by molar-refractivity contribution is -0.121. The topological polar surface area (TPSA) is 55.4 Å². The highest BCUT2D eigenvalue weighted by Gasteiger charge is 2.30. The third kappa shape index (κ3) is 4.78. The SMILES string of the molecule is O=S(=O)(NCC(F)(F)F)c1ccc(OCc2ccccc2)c2ccccc12. The number of hydrogen-bond donors (Lipinski definition) is 1. The summed E-state index contributed by atoms with van der Waals surface area (Å²) in [7, 11) is -4.33. The monoisotopic (exact) mass is 395 g/mol. The molecule has 0 aliphatic heterocycles. The number of halogens is 3. The Morgan fingerprint density at radius 3 is 2.15 bits per heavy atom. The molecule has 8 heteroatoms. The molecule has 0 unspecified atom stereocenters. The molecule has 0 atom stereocenters. The summed E-state index contributed by atoms with van der Waals surface area (Å²) in [5.41, 5.74) is 0.935. The maximum atomic E-state index is 12.4. The van der Waals surface area contributed by atoms with Crippen LogP contribution in [0.5, 0.6) is 5.75 Å². The van der Waals surface area contributed by atoms with E-state index in [9.17, 15) is 21.6 Å². The summed E-state index contributed by atoms with van der Waals surface area (Å²) in [6, 6.07) is 18.6. The second-order valence-electron chi connectivity index (χ2n) is 5.82. The van der Waals surface area contributed by atoms with Gasteiger partial charge in [0.25, 0.3) is 0 Å². The van der Waals surface area contributed by atoms with Gasteiger partial charge in [0.2, 0.25) is 10.0 Å². The highest BCUT2D eigenvalue weighted by atomic mass is 32.2. The molecule has 142 valence electrons. The van der Waals surface area contributed by atoms with Crippen molar-refractivity contribution in [3.05, 3.63) is 72.3 Å². The average Bonchev–Trinajstić information content (AvgIpc) is 2.65. The highest BCUT2D eigenvalue weighted by molar-refractivity contribution is 7.89. The van der Waals surface area contributed by atoms with E-state index in [-0.39, 0.29) is 16.9 Å². The normalized spacial score (nSPS) is 12.3. The summed E-state index contributed by atoms with van der Waals surface area (Å²) in [6.07, 6.45) is -4.64. The highest BCUT2D eigenvalue weighted by Crippen LogP contribution is 2.31. The minimum absolute atomic E-state index is 0.227. The third-order valence-electron chi connectivity index (χ3n) is 3.83. The average molecular weight is 395 g/mol. The molecule has 0 amide bonds. The summed E-state index contributed by atoms with van der Waals surface area (Å²) in [6.45, 7) is -1.35. The van der Waals surface area contributed by atoms with Crippen molar-refractivity contribution in [2.75, 3.05) is 6.54 Å². The van der Waals surface area contributed by atoms with Gasteiger partial charge < -0.3 is 4.74 Å². The van der Waals surface area contributed by atoms with Gasteiger partial charge in [-0.3, -0.25) is 0 Å². The van der Waals surface area contributed by atoms with Crippen LogP contribution in [-0.2, 0) is 16.6 Å². The molecule has 0 radical (unpaired) electrons. The molecule has 3 rings (SSSR count). The summed E-state index contributed by atoms with van der Waals surface area (Å²) < 4.78 is 69.2. The molecule has 0 fully saturated rings. The molecular formula is C19H16F3NO3S. The van der Waals surface area contributed by atoms with Crippen LogP contribution in [0.2, 0.25) is 0 Å². The molecule has 3 aromatic carbocycles. The molecule has 0 saturated carbocycles. The zero-order valence-electron chi connectivity index (χ0n) is 14.0. The van der Waals surface area contributed by atoms with Gasteiger partial charge in [0.15, 0.2) is 0 Å². The number of benzene rings is 3. The van der Waals surface area contributed by atoms with Crippen molar-refractivity contribution in [2.45, 2.75) is 17.7 Å². The molecule has 3 aromatic rings. The number of nitrogens with one attached hydrogen (secondary N) is 1. The lowest BCUT2D eigenvalue weighted by Gasteiger charge is -2.14. The summed E-state index contributed by atoms with van der Waals surface area (Å²) in [5, 5.41) is 0.793. The van der Waals surface area contributed by atoms with Crippen molar-refractivity contribution >= 4 is 20.8 Å². The van der Waals surface area contributed by atoms with Crippen LogP contribution in [-0.4, -0.2) is 21.1 Å². The van der Waals surface area contributed by atoms with Gasteiger partial charge in [0.05, 0.1) is 4.90 Å². The number of ether oxygens (including phenoxy) is 1. The number of alkyl halides is 3. The van der Waals surface area contributed by atoms with Crippen molar-refractivity contribution in [3.8, 4) is 5.75 Å². The zero-order chi connectivity index (χ0) is 19.5. The molecule has 1 N–H and O–H groups in total. The second kappa shape index (κ2) is 7.58. The van der Waals surface area contributed by atoms with Gasteiger partial charge >= 0.3 is 6.18 Å². The molecule has 0 heterocycles. The van der Waals surface area contributed by atoms with E-state index in [1.807, 2.05) is 30.3 Å². The van der Waals surface area contributed by atoms with E-state index in [0.29, 0.717) is 11.1 Å². The Balaban J connectivity index is 1.93. The lowest BCUT2D eigenvalue weighted by Crippen LogP contribution is -2.33. The van der Waals surface area contributed by atoms with Crippen LogP contribution < -0.4 is 9.46 Å². The minimum atomic E-state index is -4.64. The first-order chi connectivity index (χ1) is 12.8. The fourth-order valence-corrected chi connectivity index (χ4v) is 3.82. The van der Waals surface area contributed by atoms with Gasteiger partial charge in [0, 0.05) is 10.8 Å². The molecule has 0 spiro atoms. The van der Waals surface area contributed by atoms with E-state index >= 15 is 0 Å². The van der Waals surface area contributed by atoms with Crippen LogP contribution >= 0.6 is 0 Å². The summed E-state index contributed by atoms with van der Waals surface area (Å²) >= 11 is 0. The Morgan fingerprint density at radius 1 is 0.852 bits per heavy atom. The smallest absolute Gasteiger partial charge is 0.402 e. The Labute approximate surface area is 154 Å². The van der Waals surface area contributed by atoms with Crippen molar-refractivity contribution in [1.82, 2.24) is 4.72 Å². The zero-order valence-corrected chi connectivity index (χ0v) is 14.8. The van der Waals surface area contributed by atoms with Gasteiger partial charge in [-0.05, 0) is 17.7 Å². The standard InChI is InChI=1S/C19H16F3NO3S/c20-19(21,22)13-23-27(24,25)18-11-10-17(15-8-4-5-9-16(15)18)26-12-14-6-2-1-3-7-14/h1-11,23H,12-13H2. The van der Waals surface area contributed by atoms with E-state index in [1.54, 1.807) is 22.9 Å². The fraction of sp³-hybridized carbons (Fsp3) is 0.158. The number of fused-ring (bicyclic) bond motifs is 1. The molecule has 0 bridgehead atoms. The largest absolute Gasteiger partial charge is 0.488 e. The van der Waals surface area contributed by atoms with Gasteiger partial charge in [-0.25, -0.2) is 13.1 Å². The van der Waals surface area contributed by atoms with Gasteiger partial charge in [-0.1, -0.05) is 54.6 Å². The van der Waals surface area contributed by atoms with E-state index in [0.717, 1.165) is 5.56 Å². The maximum Gasteiger partial charge on any atom is 0.402 e. The van der Waals surface area contributed by atoms with Crippen LogP contribution in [0.3, 0.4) is 0 Å². The summed E-state index contributed by atoms with van der Waals surface area (Å²) in [4.78, 5) is -0.227. The van der Waals surface area contributed by atoms with Crippen molar-refractivity contribution < 1.29 is 26.3 Å². The Kier molecular flexibility index (Phi) is 5.38. The minimum Gasteiger partial charge on any atom is -0.488 e. The van der Waals surface area contributed by atoms with Crippen LogP contribution in [0, 0.1) is 0 Å². The third-order valence-corrected chi connectivity index (χ3v) is 5.29. The lowest BCUT2D eigenvalue weighted by atomic mass is 10.1. The Morgan fingerprint density at radius 2 is 1.48 bits per heavy atom. The van der Waals surface area contributed by atoms with E-state index in [1.165, 1.54) is 18.2 Å². The van der Waals surface area contributed by atoms with Crippen molar-refractivity contribution in [1.29, 1.82) is 0 Å². The summed E-state index contributed by atoms with van der Waals surface area (Å²) in [5.74, 6) is 0.448. The predicted octanol–water partition coefficient (Wildman–Crippen LogP) is 4.26. The second-order valence-corrected chi connectivity index (χ2v) is 7.56. The molecule has 4 nitrogen and oxygen atoms in total. The van der Waals surface area contributed by atoms with Crippen LogP contribution in [0.1, 0.15) is 5.56 Å². The van der Waals surface area contributed by atoms with Gasteiger partial charge in [0.1, 0.15) is 18.9 Å². The predicted molar refractivity (Wildman–Crippen MR) is 96.0 cm³/mol. The molecule has 27 heavy (non-hydrogen) atoms. The molecule has 0 aliphatic rings. The van der Waals surface area contributed by atoms with Crippen LogP contribution in [0.15, 0.2) is 71.6 Å². The van der Waals surface area contributed by atoms with Gasteiger partial charge in [-0.15, -0.1) is 0 Å². The van der Waals surface area contributed by atoms with Crippen LogP contribution in [0.25, 0.3) is 10.8 Å². The van der Waals surface area contributed by atoms with E-state index in [4.69, 9.17) is 4.74 Å². The first kappa shape index (κ1) is 19.2. The van der Waals surface area contributed by atoms with Crippen LogP contribution in [0.4, 0.5) is 13.2 Å². The molecule has 0 aliphatic carbocycles. The van der Waals surface area contributed by atoms with E-state index in [2.05, 4.69) is 0 Å². The first-order valence-corrected chi connectivity index (χ1v) is 9.49. The number of hydrogen-bond acceptors (Lipinski definition) is 3. The number of sulfonamides is 1. The molecule has 0 aromatic heterocycles. The first-order valence-electron chi connectivity index (χ1n) is 8.01. The molecular weight excluding hydrogens is 379 g/mol. The van der Waals surface area contributed by atoms with Crippen molar-refractivity contribution in [2.24, 2.45) is 0 Å². The number of rotatable bonds is 6. The molecule has 0 saturated heterocycles. The quantitative estimate of drug-likeness (QED) is 0.679. The Hall–Kier alpha value is -2.58. The van der Waals surface area contributed by atoms with Gasteiger partial charge in [-0.2, -0.15) is 13.2 Å². The maximum absolute atomic E-state index is 12.4.